The van der Waals surface area contributed by atoms with Crippen LogP contribution in [0, 0.1) is 29.6 Å². The first-order chi connectivity index (χ1) is 17.1. The lowest BCUT2D eigenvalue weighted by atomic mass is 9.50. The molecule has 35 heavy (non-hydrogen) atoms. The Balaban J connectivity index is 1.11. The van der Waals surface area contributed by atoms with Crippen molar-refractivity contribution in [2.75, 3.05) is 26.2 Å². The number of nitrogens with two attached hydrogens (primary N) is 2. The number of unbranched alkanes of at least 4 members (excludes halogenated alkanes) is 7. The van der Waals surface area contributed by atoms with Crippen LogP contribution in [0.25, 0.3) is 0 Å². The molecule has 4 bridgehead atoms. The number of carbonyl (C=O) groups excluding carboxylic acids is 1. The van der Waals surface area contributed by atoms with Crippen molar-refractivity contribution in [3.8, 4) is 0 Å². The number of carbonyl (C=O) groups is 1. The molecule has 0 aromatic carbocycles. The van der Waals surface area contributed by atoms with Gasteiger partial charge in [-0.2, -0.15) is 0 Å². The van der Waals surface area contributed by atoms with Crippen molar-refractivity contribution in [2.45, 2.75) is 128 Å². The van der Waals surface area contributed by atoms with Gasteiger partial charge in [0, 0.05) is 12.5 Å². The Morgan fingerprint density at radius 2 is 1.34 bits per heavy atom. The zero-order chi connectivity index (χ0) is 24.9. The van der Waals surface area contributed by atoms with Gasteiger partial charge in [0.15, 0.2) is 0 Å². The van der Waals surface area contributed by atoms with Gasteiger partial charge in [0.05, 0.1) is 6.04 Å². The highest BCUT2D eigenvalue weighted by Gasteiger charge is 2.49. The minimum absolute atomic E-state index is 0.247. The average Bonchev–Trinajstić information content (AvgIpc) is 2.83. The molecule has 0 radical (unpaired) electrons. The van der Waals surface area contributed by atoms with E-state index in [1.54, 1.807) is 0 Å². The van der Waals surface area contributed by atoms with Gasteiger partial charge in [-0.25, -0.2) is 0 Å². The van der Waals surface area contributed by atoms with Gasteiger partial charge in [0.1, 0.15) is 5.78 Å². The highest BCUT2D eigenvalue weighted by atomic mass is 16.1. The first kappa shape index (κ1) is 29.1. The topological polar surface area (TPSA) is 93.2 Å². The van der Waals surface area contributed by atoms with Crippen LogP contribution in [-0.4, -0.2) is 44.0 Å². The van der Waals surface area contributed by atoms with Crippen LogP contribution in [0.2, 0.25) is 0 Å². The molecule has 0 heterocycles. The molecule has 0 saturated heterocycles. The summed E-state index contributed by atoms with van der Waals surface area (Å²) in [6.07, 6.45) is 21.0. The Kier molecular flexibility index (Phi) is 13.6. The monoisotopic (exact) mass is 490 g/mol. The van der Waals surface area contributed by atoms with E-state index in [1.807, 2.05) is 0 Å². The Labute approximate surface area is 216 Å². The molecule has 4 aliphatic carbocycles. The van der Waals surface area contributed by atoms with Crippen LogP contribution >= 0.6 is 0 Å². The third-order valence-corrected chi connectivity index (χ3v) is 9.53. The smallest absolute Gasteiger partial charge is 0.149 e. The van der Waals surface area contributed by atoms with Gasteiger partial charge in [-0.3, -0.25) is 4.79 Å². The van der Waals surface area contributed by atoms with Gasteiger partial charge in [-0.15, -0.1) is 0 Å². The highest BCUT2D eigenvalue weighted by Crippen LogP contribution is 2.57. The van der Waals surface area contributed by atoms with Gasteiger partial charge < -0.3 is 22.1 Å². The number of ketones is 1. The normalized spacial score (nSPS) is 28.9. The molecule has 4 saturated carbocycles. The SMILES string of the molecule is CC(NCCCC[C@H](N)C(=O)CCCCCCCCCNCCCN)C1C2CC3CC(C2)CC1C3. The molecule has 0 aliphatic heterocycles. The lowest BCUT2D eigenvalue weighted by Crippen LogP contribution is -2.52. The molecule has 204 valence electrons. The molecule has 0 spiro atoms. The van der Waals surface area contributed by atoms with Crippen molar-refractivity contribution in [3.63, 3.8) is 0 Å². The molecule has 1 unspecified atom stereocenters. The molecule has 0 amide bonds. The second-order valence-corrected chi connectivity index (χ2v) is 12.4. The number of Topliss-reactive ketones (excluding diaryl/α,β-unsaturated/α-hetero) is 1. The van der Waals surface area contributed by atoms with E-state index in [0.29, 0.717) is 12.5 Å². The average molecular weight is 491 g/mol. The van der Waals surface area contributed by atoms with Crippen molar-refractivity contribution in [3.05, 3.63) is 0 Å². The summed E-state index contributed by atoms with van der Waals surface area (Å²) in [5.74, 6) is 5.30. The van der Waals surface area contributed by atoms with Gasteiger partial charge >= 0.3 is 0 Å². The second kappa shape index (κ2) is 16.4. The Morgan fingerprint density at radius 3 is 2.00 bits per heavy atom. The largest absolute Gasteiger partial charge is 0.330 e. The molecule has 2 atom stereocenters. The maximum atomic E-state index is 12.4. The summed E-state index contributed by atoms with van der Waals surface area (Å²) >= 11 is 0. The fourth-order valence-corrected chi connectivity index (χ4v) is 7.87. The molecular formula is C30H58N4O. The van der Waals surface area contributed by atoms with Crippen LogP contribution in [0.1, 0.15) is 116 Å². The fourth-order valence-electron chi connectivity index (χ4n) is 7.87. The first-order valence-corrected chi connectivity index (χ1v) is 15.5. The van der Waals surface area contributed by atoms with Gasteiger partial charge in [-0.1, -0.05) is 38.5 Å². The lowest BCUT2D eigenvalue weighted by molar-refractivity contribution is -0.120. The minimum Gasteiger partial charge on any atom is -0.330 e. The van der Waals surface area contributed by atoms with E-state index in [4.69, 9.17) is 11.5 Å². The van der Waals surface area contributed by atoms with Crippen molar-refractivity contribution in [1.29, 1.82) is 0 Å². The zero-order valence-electron chi connectivity index (χ0n) is 23.0. The molecule has 4 fully saturated rings. The summed E-state index contributed by atoms with van der Waals surface area (Å²) in [7, 11) is 0. The molecular weight excluding hydrogens is 432 g/mol. The van der Waals surface area contributed by atoms with E-state index in [9.17, 15) is 4.79 Å². The number of hydrogen-bond acceptors (Lipinski definition) is 5. The van der Waals surface area contributed by atoms with Crippen molar-refractivity contribution in [1.82, 2.24) is 10.6 Å². The first-order valence-electron chi connectivity index (χ1n) is 15.5. The standard InChI is InChI=1S/C30H58N4O/c1-23(30-26-19-24-18-25(21-26)22-27(30)20-24)34-17-10-8-12-28(32)29(35)13-7-5-3-2-4-6-9-15-33-16-11-14-31/h23-28,30,33-34H,2-22,31-32H2,1H3/t23?,24?,25?,26?,27?,28-,30?/m0/s1. The molecule has 0 aromatic rings. The molecule has 4 rings (SSSR count). The summed E-state index contributed by atoms with van der Waals surface area (Å²) in [5.41, 5.74) is 11.7. The van der Waals surface area contributed by atoms with Gasteiger partial charge in [0.25, 0.3) is 0 Å². The van der Waals surface area contributed by atoms with Crippen molar-refractivity contribution < 1.29 is 4.79 Å². The third kappa shape index (κ3) is 10.1. The maximum absolute atomic E-state index is 12.4. The van der Waals surface area contributed by atoms with Crippen LogP contribution in [-0.2, 0) is 4.79 Å². The Bertz CT molecular complexity index is 555. The van der Waals surface area contributed by atoms with Crippen LogP contribution in [0.4, 0.5) is 0 Å². The second-order valence-electron chi connectivity index (χ2n) is 12.4. The van der Waals surface area contributed by atoms with E-state index in [1.165, 1.54) is 70.6 Å². The Hall–Kier alpha value is -0.490. The fraction of sp³-hybridized carbons (Fsp3) is 0.967. The van der Waals surface area contributed by atoms with E-state index in [0.717, 1.165) is 87.9 Å². The van der Waals surface area contributed by atoms with E-state index >= 15 is 0 Å². The third-order valence-electron chi connectivity index (χ3n) is 9.53. The molecule has 5 nitrogen and oxygen atoms in total. The quantitative estimate of drug-likeness (QED) is 0.167. The lowest BCUT2D eigenvalue weighted by Gasteiger charge is -2.56. The Morgan fingerprint density at radius 1 is 0.771 bits per heavy atom. The van der Waals surface area contributed by atoms with Crippen LogP contribution in [0.15, 0.2) is 0 Å². The minimum atomic E-state index is -0.247. The van der Waals surface area contributed by atoms with Gasteiger partial charge in [0.2, 0.25) is 0 Å². The predicted molar refractivity (Wildman–Crippen MR) is 148 cm³/mol. The summed E-state index contributed by atoms with van der Waals surface area (Å²) < 4.78 is 0. The number of nitrogens with one attached hydrogen (secondary N) is 2. The molecule has 5 heteroatoms. The number of rotatable bonds is 21. The van der Waals surface area contributed by atoms with Crippen LogP contribution in [0.5, 0.6) is 0 Å². The number of hydrogen-bond donors (Lipinski definition) is 4. The van der Waals surface area contributed by atoms with E-state index in [-0.39, 0.29) is 11.8 Å². The van der Waals surface area contributed by atoms with E-state index < -0.39 is 0 Å². The highest BCUT2D eigenvalue weighted by molar-refractivity contribution is 5.83. The zero-order valence-corrected chi connectivity index (χ0v) is 23.0. The van der Waals surface area contributed by atoms with E-state index in [2.05, 4.69) is 17.6 Å². The van der Waals surface area contributed by atoms with Crippen molar-refractivity contribution >= 4 is 5.78 Å². The van der Waals surface area contributed by atoms with Crippen LogP contribution < -0.4 is 22.1 Å². The molecule has 4 aliphatic rings. The molecule has 0 aromatic heterocycles. The molecule has 6 N–H and O–H groups in total. The van der Waals surface area contributed by atoms with Crippen LogP contribution in [0.3, 0.4) is 0 Å². The summed E-state index contributed by atoms with van der Waals surface area (Å²) in [5, 5.41) is 7.29. The predicted octanol–water partition coefficient (Wildman–Crippen LogP) is 5.16. The summed E-state index contributed by atoms with van der Waals surface area (Å²) in [4.78, 5) is 12.4. The van der Waals surface area contributed by atoms with Gasteiger partial charge in [-0.05, 0) is 127 Å². The maximum Gasteiger partial charge on any atom is 0.149 e. The summed E-state index contributed by atoms with van der Waals surface area (Å²) in [6, 6.07) is 0.405. The summed E-state index contributed by atoms with van der Waals surface area (Å²) in [6.45, 7) is 6.45. The van der Waals surface area contributed by atoms with Crippen molar-refractivity contribution in [2.24, 2.45) is 41.1 Å².